The quantitative estimate of drug-likeness (QED) is 0.320. The second kappa shape index (κ2) is 9.71. The summed E-state index contributed by atoms with van der Waals surface area (Å²) in [4.78, 5) is 25.2. The summed E-state index contributed by atoms with van der Waals surface area (Å²) in [5.74, 6) is -0.0114. The molecule has 0 bridgehead atoms. The first-order chi connectivity index (χ1) is 19.1. The van der Waals surface area contributed by atoms with Crippen LogP contribution in [0, 0.1) is 5.82 Å². The van der Waals surface area contributed by atoms with Crippen molar-refractivity contribution in [3.63, 3.8) is 0 Å². The van der Waals surface area contributed by atoms with E-state index in [0.717, 1.165) is 65.7 Å². The van der Waals surface area contributed by atoms with Crippen LogP contribution in [-0.2, 0) is 13.0 Å². The molecule has 0 atom stereocenters. The molecule has 0 saturated carbocycles. The van der Waals surface area contributed by atoms with Gasteiger partial charge in [-0.2, -0.15) is 0 Å². The number of nitrogens with one attached hydrogen (secondary N) is 1. The summed E-state index contributed by atoms with van der Waals surface area (Å²) < 4.78 is 14.1. The van der Waals surface area contributed by atoms with Crippen LogP contribution in [0.4, 0.5) is 4.39 Å². The molecule has 0 unspecified atom stereocenters. The fourth-order valence-electron chi connectivity index (χ4n) is 5.63. The highest BCUT2D eigenvalue weighted by molar-refractivity contribution is 6.12. The second-order valence-corrected chi connectivity index (χ2v) is 10.2. The first-order valence-electron chi connectivity index (χ1n) is 13.3. The van der Waals surface area contributed by atoms with Gasteiger partial charge in [0.05, 0.1) is 22.4 Å². The Hall–Kier alpha value is -4.43. The van der Waals surface area contributed by atoms with Gasteiger partial charge in [-0.15, -0.1) is 0 Å². The first-order valence-corrected chi connectivity index (χ1v) is 13.3. The number of imidazole rings is 1. The summed E-state index contributed by atoms with van der Waals surface area (Å²) in [5.41, 5.74) is 8.45. The van der Waals surface area contributed by atoms with Gasteiger partial charge in [0, 0.05) is 42.7 Å². The Morgan fingerprint density at radius 1 is 0.949 bits per heavy atom. The summed E-state index contributed by atoms with van der Waals surface area (Å²) in [7, 11) is 0. The Labute approximate surface area is 225 Å². The number of fused-ring (bicyclic) bond motifs is 2. The molecule has 5 heterocycles. The third-order valence-corrected chi connectivity index (χ3v) is 7.48. The molecule has 0 aliphatic carbocycles. The van der Waals surface area contributed by atoms with Crippen molar-refractivity contribution in [2.45, 2.75) is 25.8 Å². The largest absolute Gasteiger partial charge is 0.508 e. The molecule has 5 aromatic rings. The molecule has 0 radical (unpaired) electrons. The number of pyridine rings is 2. The predicted molar refractivity (Wildman–Crippen MR) is 149 cm³/mol. The summed E-state index contributed by atoms with van der Waals surface area (Å²) in [6, 6.07) is 16.1. The van der Waals surface area contributed by atoms with Crippen LogP contribution >= 0.6 is 0 Å². The number of aromatic nitrogens is 4. The highest BCUT2D eigenvalue weighted by Gasteiger charge is 2.22. The minimum atomic E-state index is -0.501. The van der Waals surface area contributed by atoms with Crippen molar-refractivity contribution in [1.29, 1.82) is 0 Å². The van der Waals surface area contributed by atoms with Gasteiger partial charge in [0.2, 0.25) is 0 Å². The lowest BCUT2D eigenvalue weighted by Gasteiger charge is -2.17. The summed E-state index contributed by atoms with van der Waals surface area (Å²) >= 11 is 0. The van der Waals surface area contributed by atoms with E-state index in [0.29, 0.717) is 29.2 Å². The van der Waals surface area contributed by atoms with Gasteiger partial charge in [-0.05, 0) is 79.4 Å². The second-order valence-electron chi connectivity index (χ2n) is 10.2. The zero-order chi connectivity index (χ0) is 26.3. The lowest BCUT2D eigenvalue weighted by Crippen LogP contribution is -2.18. The van der Waals surface area contributed by atoms with Crippen LogP contribution in [0.5, 0.6) is 5.75 Å². The fourth-order valence-corrected chi connectivity index (χ4v) is 5.63. The van der Waals surface area contributed by atoms with Gasteiger partial charge < -0.3 is 10.1 Å². The molecular weight excluding hydrogens is 491 g/mol. The predicted octanol–water partition coefficient (Wildman–Crippen LogP) is 5.52. The number of phenols is 1. The maximum atomic E-state index is 14.1. The summed E-state index contributed by atoms with van der Waals surface area (Å²) in [6.45, 7) is 3.84. The molecule has 0 spiro atoms. The van der Waals surface area contributed by atoms with Crippen molar-refractivity contribution < 1.29 is 9.50 Å². The molecule has 7 rings (SSSR count). The molecule has 2 N–H and O–H groups in total. The van der Waals surface area contributed by atoms with Crippen molar-refractivity contribution in [2.24, 2.45) is 4.99 Å². The molecule has 39 heavy (non-hydrogen) atoms. The van der Waals surface area contributed by atoms with Crippen LogP contribution < -0.4 is 0 Å². The number of rotatable bonds is 5. The fraction of sp³-hybridized carbons (Fsp3) is 0.226. The molecule has 7 nitrogen and oxygen atoms in total. The van der Waals surface area contributed by atoms with Crippen molar-refractivity contribution in [2.75, 3.05) is 19.6 Å². The van der Waals surface area contributed by atoms with Gasteiger partial charge in [-0.25, -0.2) is 14.4 Å². The van der Waals surface area contributed by atoms with E-state index in [1.807, 2.05) is 30.6 Å². The van der Waals surface area contributed by atoms with Crippen molar-refractivity contribution in [3.8, 4) is 28.1 Å². The number of nitrogens with zero attached hydrogens (tertiary/aromatic N) is 5. The van der Waals surface area contributed by atoms with E-state index in [2.05, 4.69) is 33.1 Å². The standard InChI is InChI=1S/C31H27FN6O/c32-23-13-21(14-24(39)15-23)25-4-3-5-27-29(25)37-31(36-27)30-28-20(8-9-34-30)6-7-26(35-28)22-12-19(16-33-17-22)18-38-10-1-2-11-38/h3-7,12-17,39H,1-2,8-11,18H2,(H,36,37). The van der Waals surface area contributed by atoms with E-state index < -0.39 is 5.82 Å². The molecule has 194 valence electrons. The Morgan fingerprint density at radius 3 is 2.72 bits per heavy atom. The molecule has 2 aliphatic rings. The molecule has 1 fully saturated rings. The Bertz CT molecular complexity index is 1720. The molecule has 8 heteroatoms. The van der Waals surface area contributed by atoms with Crippen LogP contribution in [0.15, 0.2) is 72.0 Å². The normalized spacial score (nSPS) is 15.5. The van der Waals surface area contributed by atoms with Gasteiger partial charge in [-0.1, -0.05) is 18.2 Å². The summed E-state index contributed by atoms with van der Waals surface area (Å²) in [5, 5.41) is 9.95. The molecule has 3 aromatic heterocycles. The van der Waals surface area contributed by atoms with E-state index in [1.54, 1.807) is 6.07 Å². The molecule has 2 aliphatic heterocycles. The van der Waals surface area contributed by atoms with Crippen molar-refractivity contribution in [1.82, 2.24) is 24.8 Å². The zero-order valence-electron chi connectivity index (χ0n) is 21.4. The van der Waals surface area contributed by atoms with Crippen LogP contribution in [0.1, 0.15) is 35.5 Å². The van der Waals surface area contributed by atoms with Gasteiger partial charge in [0.25, 0.3) is 0 Å². The van der Waals surface area contributed by atoms with E-state index in [4.69, 9.17) is 15.0 Å². The van der Waals surface area contributed by atoms with E-state index in [9.17, 15) is 9.50 Å². The maximum absolute atomic E-state index is 14.1. The Morgan fingerprint density at radius 2 is 1.85 bits per heavy atom. The summed E-state index contributed by atoms with van der Waals surface area (Å²) in [6.07, 6.45) is 7.14. The van der Waals surface area contributed by atoms with Crippen LogP contribution in [0.25, 0.3) is 33.4 Å². The molecule has 0 amide bonds. The van der Waals surface area contributed by atoms with Crippen LogP contribution in [-0.4, -0.2) is 55.3 Å². The van der Waals surface area contributed by atoms with Gasteiger partial charge >= 0.3 is 0 Å². The number of aliphatic imine (C=N–C) groups is 1. The number of phenolic OH excluding ortho intramolecular Hbond substituents is 1. The average Bonchev–Trinajstić information content (AvgIpc) is 3.62. The highest BCUT2D eigenvalue weighted by Crippen LogP contribution is 2.31. The zero-order valence-corrected chi connectivity index (χ0v) is 21.4. The highest BCUT2D eigenvalue weighted by atomic mass is 19.1. The van der Waals surface area contributed by atoms with Crippen LogP contribution in [0.2, 0.25) is 0 Å². The minimum Gasteiger partial charge on any atom is -0.508 e. The number of hydrogen-bond donors (Lipinski definition) is 2. The number of para-hydroxylation sites is 1. The number of aromatic amines is 1. The number of aromatic hydroxyl groups is 1. The Balaban J connectivity index is 1.26. The lowest BCUT2D eigenvalue weighted by atomic mass is 10.0. The smallest absolute Gasteiger partial charge is 0.159 e. The molecule has 2 aromatic carbocycles. The van der Waals surface area contributed by atoms with Gasteiger partial charge in [0.1, 0.15) is 17.3 Å². The third-order valence-electron chi connectivity index (χ3n) is 7.48. The number of hydrogen-bond acceptors (Lipinski definition) is 6. The monoisotopic (exact) mass is 518 g/mol. The minimum absolute atomic E-state index is 0.126. The van der Waals surface area contributed by atoms with E-state index in [-0.39, 0.29) is 5.75 Å². The number of benzene rings is 2. The average molecular weight is 519 g/mol. The van der Waals surface area contributed by atoms with Crippen molar-refractivity contribution in [3.05, 3.63) is 95.5 Å². The number of likely N-dealkylation sites (tertiary alicyclic amines) is 1. The van der Waals surface area contributed by atoms with Crippen LogP contribution in [0.3, 0.4) is 0 Å². The Kier molecular flexibility index (Phi) is 5.89. The van der Waals surface area contributed by atoms with E-state index in [1.165, 1.54) is 24.5 Å². The third kappa shape index (κ3) is 4.57. The lowest BCUT2D eigenvalue weighted by molar-refractivity contribution is 0.331. The first kappa shape index (κ1) is 23.7. The topological polar surface area (TPSA) is 90.3 Å². The van der Waals surface area contributed by atoms with Gasteiger partial charge in [0.15, 0.2) is 5.82 Å². The van der Waals surface area contributed by atoms with Crippen molar-refractivity contribution >= 4 is 16.7 Å². The SMILES string of the molecule is Oc1cc(F)cc(-c2cccc3[nH]c(C4=NCCc5ccc(-c6cncc(CN7CCCC7)c6)nc54)nc23)c1. The molecule has 1 saturated heterocycles. The van der Waals surface area contributed by atoms with E-state index >= 15 is 0 Å². The number of H-pyrrole nitrogens is 1. The number of halogens is 1. The molecular formula is C31H27FN6O. The van der Waals surface area contributed by atoms with Gasteiger partial charge in [-0.3, -0.25) is 14.9 Å². The maximum Gasteiger partial charge on any atom is 0.159 e.